The number of amides is 1. The topological polar surface area (TPSA) is 63.2 Å². The number of pyridine rings is 1. The second kappa shape index (κ2) is 10.1. The SMILES string of the molecule is COc1ccc(CNc2ccc(C(=O)NCCCc3ccccc3)cn2)cc1. The highest BCUT2D eigenvalue weighted by Gasteiger charge is 2.06. The number of benzene rings is 2. The zero-order valence-electron chi connectivity index (χ0n) is 16.0. The maximum atomic E-state index is 12.2. The lowest BCUT2D eigenvalue weighted by Crippen LogP contribution is -2.24. The maximum Gasteiger partial charge on any atom is 0.252 e. The highest BCUT2D eigenvalue weighted by atomic mass is 16.5. The van der Waals surface area contributed by atoms with E-state index in [1.807, 2.05) is 48.5 Å². The van der Waals surface area contributed by atoms with E-state index in [9.17, 15) is 4.79 Å². The summed E-state index contributed by atoms with van der Waals surface area (Å²) in [6, 6.07) is 21.7. The van der Waals surface area contributed by atoms with Crippen molar-refractivity contribution in [3.05, 3.63) is 89.6 Å². The van der Waals surface area contributed by atoms with Crippen molar-refractivity contribution in [2.45, 2.75) is 19.4 Å². The summed E-state index contributed by atoms with van der Waals surface area (Å²) in [5, 5.41) is 6.20. The minimum absolute atomic E-state index is 0.0951. The van der Waals surface area contributed by atoms with Gasteiger partial charge in [0.05, 0.1) is 12.7 Å². The van der Waals surface area contributed by atoms with Crippen LogP contribution in [-0.4, -0.2) is 24.5 Å². The molecule has 0 radical (unpaired) electrons. The minimum atomic E-state index is -0.0951. The second-order valence-electron chi connectivity index (χ2n) is 6.48. The molecule has 0 unspecified atom stereocenters. The summed E-state index contributed by atoms with van der Waals surface area (Å²) in [4.78, 5) is 16.6. The molecular formula is C23H25N3O2. The predicted octanol–water partition coefficient (Wildman–Crippen LogP) is 4.06. The van der Waals surface area contributed by atoms with E-state index in [1.165, 1.54) is 5.56 Å². The lowest BCUT2D eigenvalue weighted by molar-refractivity contribution is 0.0953. The van der Waals surface area contributed by atoms with E-state index in [0.717, 1.165) is 30.0 Å². The van der Waals surface area contributed by atoms with Crippen LogP contribution in [0.25, 0.3) is 0 Å². The van der Waals surface area contributed by atoms with Crippen LogP contribution >= 0.6 is 0 Å². The third-order valence-corrected chi connectivity index (χ3v) is 4.43. The van der Waals surface area contributed by atoms with Gasteiger partial charge in [-0.25, -0.2) is 4.98 Å². The summed E-state index contributed by atoms with van der Waals surface area (Å²) in [5.41, 5.74) is 2.98. The number of hydrogen-bond acceptors (Lipinski definition) is 4. The third kappa shape index (κ3) is 5.84. The molecule has 28 heavy (non-hydrogen) atoms. The van der Waals surface area contributed by atoms with Gasteiger partial charge in [-0.2, -0.15) is 0 Å². The number of anilines is 1. The van der Waals surface area contributed by atoms with Crippen LogP contribution in [0.1, 0.15) is 27.9 Å². The molecule has 0 saturated carbocycles. The first-order valence-corrected chi connectivity index (χ1v) is 9.39. The van der Waals surface area contributed by atoms with E-state index >= 15 is 0 Å². The highest BCUT2D eigenvalue weighted by molar-refractivity contribution is 5.94. The van der Waals surface area contributed by atoms with Crippen LogP contribution in [0.5, 0.6) is 5.75 Å². The molecule has 2 aromatic carbocycles. The summed E-state index contributed by atoms with van der Waals surface area (Å²) in [5.74, 6) is 1.47. The molecule has 0 fully saturated rings. The fraction of sp³-hybridized carbons (Fsp3) is 0.217. The Balaban J connectivity index is 1.41. The van der Waals surface area contributed by atoms with Gasteiger partial charge >= 0.3 is 0 Å². The smallest absolute Gasteiger partial charge is 0.252 e. The van der Waals surface area contributed by atoms with E-state index in [-0.39, 0.29) is 5.91 Å². The van der Waals surface area contributed by atoms with E-state index in [2.05, 4.69) is 27.8 Å². The van der Waals surface area contributed by atoms with Gasteiger partial charge in [0.15, 0.2) is 0 Å². The van der Waals surface area contributed by atoms with Gasteiger partial charge in [-0.3, -0.25) is 4.79 Å². The van der Waals surface area contributed by atoms with Gasteiger partial charge in [0, 0.05) is 19.3 Å². The van der Waals surface area contributed by atoms with Crippen LogP contribution in [0.4, 0.5) is 5.82 Å². The van der Waals surface area contributed by atoms with Gasteiger partial charge in [0.1, 0.15) is 11.6 Å². The Labute approximate surface area is 165 Å². The zero-order valence-corrected chi connectivity index (χ0v) is 16.0. The van der Waals surface area contributed by atoms with Crippen molar-refractivity contribution >= 4 is 11.7 Å². The zero-order chi connectivity index (χ0) is 19.6. The van der Waals surface area contributed by atoms with Crippen molar-refractivity contribution in [1.82, 2.24) is 10.3 Å². The van der Waals surface area contributed by atoms with Crippen LogP contribution in [0, 0.1) is 0 Å². The minimum Gasteiger partial charge on any atom is -0.497 e. The van der Waals surface area contributed by atoms with Crippen LogP contribution in [-0.2, 0) is 13.0 Å². The maximum absolute atomic E-state index is 12.2. The van der Waals surface area contributed by atoms with E-state index < -0.39 is 0 Å². The summed E-state index contributed by atoms with van der Waals surface area (Å²) in [6.45, 7) is 1.30. The van der Waals surface area contributed by atoms with E-state index in [1.54, 1.807) is 19.4 Å². The number of methoxy groups -OCH3 is 1. The molecule has 0 aliphatic carbocycles. The Morgan fingerprint density at radius 3 is 2.43 bits per heavy atom. The van der Waals surface area contributed by atoms with Gasteiger partial charge in [-0.15, -0.1) is 0 Å². The lowest BCUT2D eigenvalue weighted by atomic mass is 10.1. The number of nitrogens with one attached hydrogen (secondary N) is 2. The van der Waals surface area contributed by atoms with Gasteiger partial charge < -0.3 is 15.4 Å². The van der Waals surface area contributed by atoms with Crippen LogP contribution in [0.15, 0.2) is 72.9 Å². The molecule has 2 N–H and O–H groups in total. The number of rotatable bonds is 9. The largest absolute Gasteiger partial charge is 0.497 e. The highest BCUT2D eigenvalue weighted by Crippen LogP contribution is 2.13. The van der Waals surface area contributed by atoms with Crippen molar-refractivity contribution in [3.63, 3.8) is 0 Å². The molecule has 5 heteroatoms. The first-order valence-electron chi connectivity index (χ1n) is 9.39. The molecular weight excluding hydrogens is 350 g/mol. The molecule has 0 bridgehead atoms. The van der Waals surface area contributed by atoms with Crippen LogP contribution in [0.2, 0.25) is 0 Å². The quantitative estimate of drug-likeness (QED) is 0.554. The fourth-order valence-corrected chi connectivity index (χ4v) is 2.81. The van der Waals surface area contributed by atoms with Crippen molar-refractivity contribution in [3.8, 4) is 5.75 Å². The number of carbonyl (C=O) groups excluding carboxylic acids is 1. The predicted molar refractivity (Wildman–Crippen MR) is 112 cm³/mol. The van der Waals surface area contributed by atoms with Crippen molar-refractivity contribution < 1.29 is 9.53 Å². The average molecular weight is 375 g/mol. The monoisotopic (exact) mass is 375 g/mol. The standard InChI is InChI=1S/C23H25N3O2/c1-28-21-12-9-19(10-13-21)16-25-22-14-11-20(17-26-22)23(27)24-15-5-8-18-6-3-2-4-7-18/h2-4,6-7,9-14,17H,5,8,15-16H2,1H3,(H,24,27)(H,25,26). The molecule has 3 aromatic rings. The molecule has 0 atom stereocenters. The molecule has 0 saturated heterocycles. The van der Waals surface area contributed by atoms with Gasteiger partial charge in [-0.05, 0) is 48.2 Å². The molecule has 0 aliphatic heterocycles. The molecule has 144 valence electrons. The Bertz CT molecular complexity index is 863. The summed E-state index contributed by atoms with van der Waals surface area (Å²) < 4.78 is 5.15. The second-order valence-corrected chi connectivity index (χ2v) is 6.48. The first kappa shape index (κ1) is 19.4. The van der Waals surface area contributed by atoms with E-state index in [4.69, 9.17) is 4.74 Å². The summed E-state index contributed by atoms with van der Waals surface area (Å²) in [7, 11) is 1.65. The summed E-state index contributed by atoms with van der Waals surface area (Å²) >= 11 is 0. The number of hydrogen-bond donors (Lipinski definition) is 2. The third-order valence-electron chi connectivity index (χ3n) is 4.43. The van der Waals surface area contributed by atoms with Gasteiger partial charge in [-0.1, -0.05) is 42.5 Å². The molecule has 1 amide bonds. The summed E-state index contributed by atoms with van der Waals surface area (Å²) in [6.07, 6.45) is 3.46. The average Bonchev–Trinajstić information content (AvgIpc) is 2.76. The Morgan fingerprint density at radius 1 is 0.964 bits per heavy atom. The normalized spacial score (nSPS) is 10.3. The Kier molecular flexibility index (Phi) is 7.01. The number of nitrogens with zero attached hydrogens (tertiary/aromatic N) is 1. The van der Waals surface area contributed by atoms with Crippen molar-refractivity contribution in [2.75, 3.05) is 19.0 Å². The molecule has 5 nitrogen and oxygen atoms in total. The van der Waals surface area contributed by atoms with Gasteiger partial charge in [0.2, 0.25) is 0 Å². The fourth-order valence-electron chi connectivity index (χ4n) is 2.81. The Hall–Kier alpha value is -3.34. The van der Waals surface area contributed by atoms with Crippen molar-refractivity contribution in [1.29, 1.82) is 0 Å². The lowest BCUT2D eigenvalue weighted by Gasteiger charge is -2.08. The number of carbonyl (C=O) groups is 1. The molecule has 1 heterocycles. The number of ether oxygens (including phenoxy) is 1. The van der Waals surface area contributed by atoms with Gasteiger partial charge in [0.25, 0.3) is 5.91 Å². The number of aromatic nitrogens is 1. The Morgan fingerprint density at radius 2 is 1.75 bits per heavy atom. The molecule has 0 aliphatic rings. The molecule has 3 rings (SSSR count). The van der Waals surface area contributed by atoms with Crippen molar-refractivity contribution in [2.24, 2.45) is 0 Å². The first-order chi connectivity index (χ1) is 13.7. The number of aryl methyl sites for hydroxylation is 1. The van der Waals surface area contributed by atoms with E-state index in [0.29, 0.717) is 18.7 Å². The van der Waals surface area contributed by atoms with Crippen LogP contribution < -0.4 is 15.4 Å². The molecule has 0 spiro atoms. The molecule has 1 aromatic heterocycles. The van der Waals surface area contributed by atoms with Crippen LogP contribution in [0.3, 0.4) is 0 Å².